The minimum absolute atomic E-state index is 0.153. The molecule has 1 aromatic carbocycles. The lowest BCUT2D eigenvalue weighted by Gasteiger charge is -2.17. The quantitative estimate of drug-likeness (QED) is 0.675. The van der Waals surface area contributed by atoms with Crippen LogP contribution >= 0.6 is 0 Å². The van der Waals surface area contributed by atoms with Gasteiger partial charge in [0.2, 0.25) is 0 Å². The largest absolute Gasteiger partial charge is 0.346 e. The maximum absolute atomic E-state index is 12.5. The Kier molecular flexibility index (Phi) is 5.81. The molecular formula is C22H24N4O. The molecule has 2 aromatic heterocycles. The second kappa shape index (κ2) is 8.45. The van der Waals surface area contributed by atoms with Crippen LogP contribution in [0.1, 0.15) is 46.9 Å². The van der Waals surface area contributed by atoms with Crippen LogP contribution in [0, 0.1) is 6.92 Å². The second-order valence-corrected chi connectivity index (χ2v) is 6.75. The lowest BCUT2D eigenvalue weighted by molar-refractivity contribution is 0.0950. The number of aromatic nitrogens is 2. The van der Waals surface area contributed by atoms with E-state index in [0.717, 1.165) is 16.9 Å². The summed E-state index contributed by atoms with van der Waals surface area (Å²) in [7, 11) is 0. The molecular weight excluding hydrogens is 336 g/mol. The number of carbonyl (C=O) groups is 1. The molecule has 3 aromatic rings. The number of pyridine rings is 2. The number of anilines is 2. The Labute approximate surface area is 159 Å². The zero-order chi connectivity index (χ0) is 19.2. The molecule has 5 heteroatoms. The third-order valence-corrected chi connectivity index (χ3v) is 4.36. The fraction of sp³-hybridized carbons (Fsp3) is 0.227. The molecule has 0 atom stereocenters. The lowest BCUT2D eigenvalue weighted by Crippen LogP contribution is -2.23. The summed E-state index contributed by atoms with van der Waals surface area (Å²) in [6.07, 6.45) is 3.36. The number of rotatable bonds is 6. The number of hydrogen-bond donors (Lipinski definition) is 2. The topological polar surface area (TPSA) is 66.9 Å². The van der Waals surface area contributed by atoms with Crippen LogP contribution in [0.15, 0.2) is 60.9 Å². The van der Waals surface area contributed by atoms with E-state index in [2.05, 4.69) is 59.6 Å². The number of hydrogen-bond acceptors (Lipinski definition) is 4. The van der Waals surface area contributed by atoms with E-state index in [4.69, 9.17) is 0 Å². The third-order valence-electron chi connectivity index (χ3n) is 4.36. The Balaban J connectivity index is 1.75. The van der Waals surface area contributed by atoms with Crippen molar-refractivity contribution in [3.63, 3.8) is 0 Å². The van der Waals surface area contributed by atoms with Gasteiger partial charge in [0.05, 0.1) is 12.2 Å². The van der Waals surface area contributed by atoms with Crippen molar-refractivity contribution in [3.8, 4) is 0 Å². The highest BCUT2D eigenvalue weighted by molar-refractivity contribution is 5.94. The van der Waals surface area contributed by atoms with Crippen molar-refractivity contribution in [1.82, 2.24) is 15.3 Å². The van der Waals surface area contributed by atoms with Gasteiger partial charge in [0.25, 0.3) is 5.91 Å². The predicted molar refractivity (Wildman–Crippen MR) is 108 cm³/mol. The molecule has 0 radical (unpaired) electrons. The third kappa shape index (κ3) is 4.70. The van der Waals surface area contributed by atoms with Crippen molar-refractivity contribution in [1.29, 1.82) is 0 Å². The first-order chi connectivity index (χ1) is 13.0. The van der Waals surface area contributed by atoms with E-state index in [0.29, 0.717) is 23.8 Å². The van der Waals surface area contributed by atoms with Crippen molar-refractivity contribution in [2.24, 2.45) is 0 Å². The van der Waals surface area contributed by atoms with Gasteiger partial charge in [0.15, 0.2) is 0 Å². The Bertz CT molecular complexity index is 923. The van der Waals surface area contributed by atoms with Crippen LogP contribution in [0.4, 0.5) is 11.5 Å². The average molecular weight is 360 g/mol. The van der Waals surface area contributed by atoms with Gasteiger partial charge in [0, 0.05) is 23.6 Å². The maximum Gasteiger partial charge on any atom is 0.251 e. The van der Waals surface area contributed by atoms with Gasteiger partial charge in [-0.2, -0.15) is 0 Å². The number of amides is 1. The molecule has 0 fully saturated rings. The molecule has 0 saturated heterocycles. The van der Waals surface area contributed by atoms with Gasteiger partial charge in [-0.1, -0.05) is 38.1 Å². The molecule has 0 aliphatic heterocycles. The van der Waals surface area contributed by atoms with E-state index in [-0.39, 0.29) is 5.91 Å². The summed E-state index contributed by atoms with van der Waals surface area (Å²) >= 11 is 0. The first-order valence-electron chi connectivity index (χ1n) is 9.05. The van der Waals surface area contributed by atoms with Crippen molar-refractivity contribution >= 4 is 17.4 Å². The summed E-state index contributed by atoms with van der Waals surface area (Å²) in [5.74, 6) is 0.883. The minimum atomic E-state index is -0.153. The molecule has 0 bridgehead atoms. The fourth-order valence-corrected chi connectivity index (χ4v) is 2.89. The van der Waals surface area contributed by atoms with Crippen molar-refractivity contribution in [3.05, 3.63) is 83.3 Å². The smallest absolute Gasteiger partial charge is 0.251 e. The number of carbonyl (C=O) groups excluding carboxylic acids is 1. The van der Waals surface area contributed by atoms with Crippen LogP contribution in [0.2, 0.25) is 0 Å². The first kappa shape index (κ1) is 18.6. The fourth-order valence-electron chi connectivity index (χ4n) is 2.89. The van der Waals surface area contributed by atoms with Gasteiger partial charge >= 0.3 is 0 Å². The molecule has 1 amide bonds. The van der Waals surface area contributed by atoms with Gasteiger partial charge in [-0.15, -0.1) is 0 Å². The standard InChI is InChI=1S/C22H24N4O/c1-15(2)19-9-6-7-16(3)21(19)26-20-13-17(10-12-24-20)22(27)25-14-18-8-4-5-11-23-18/h4-13,15H,14H2,1-3H3,(H,24,26)(H,25,27). The van der Waals surface area contributed by atoms with E-state index in [1.807, 2.05) is 18.2 Å². The van der Waals surface area contributed by atoms with Crippen LogP contribution in [0.25, 0.3) is 0 Å². The average Bonchev–Trinajstić information content (AvgIpc) is 2.68. The first-order valence-corrected chi connectivity index (χ1v) is 9.05. The summed E-state index contributed by atoms with van der Waals surface area (Å²) in [4.78, 5) is 21.1. The summed E-state index contributed by atoms with van der Waals surface area (Å²) in [6, 6.07) is 15.3. The van der Waals surface area contributed by atoms with Gasteiger partial charge in [-0.25, -0.2) is 4.98 Å². The van der Waals surface area contributed by atoms with Crippen LogP contribution in [0.5, 0.6) is 0 Å². The highest BCUT2D eigenvalue weighted by atomic mass is 16.1. The molecule has 138 valence electrons. The number of nitrogens with one attached hydrogen (secondary N) is 2. The number of para-hydroxylation sites is 1. The molecule has 2 heterocycles. The monoisotopic (exact) mass is 360 g/mol. The van der Waals surface area contributed by atoms with Crippen LogP contribution in [0.3, 0.4) is 0 Å². The van der Waals surface area contributed by atoms with Gasteiger partial charge < -0.3 is 10.6 Å². The number of nitrogens with zero attached hydrogens (tertiary/aromatic N) is 2. The normalized spacial score (nSPS) is 10.7. The molecule has 0 aliphatic carbocycles. The molecule has 27 heavy (non-hydrogen) atoms. The lowest BCUT2D eigenvalue weighted by atomic mass is 9.98. The number of benzene rings is 1. The highest BCUT2D eigenvalue weighted by Crippen LogP contribution is 2.29. The summed E-state index contributed by atoms with van der Waals surface area (Å²) in [6.45, 7) is 6.78. The Hall–Kier alpha value is -3.21. The zero-order valence-electron chi connectivity index (χ0n) is 15.9. The molecule has 0 aliphatic rings. The summed E-state index contributed by atoms with van der Waals surface area (Å²) in [5, 5.41) is 6.28. The Morgan fingerprint density at radius 3 is 2.63 bits per heavy atom. The molecule has 0 spiro atoms. The maximum atomic E-state index is 12.5. The predicted octanol–water partition coefficient (Wildman–Crippen LogP) is 4.58. The van der Waals surface area contributed by atoms with E-state index in [9.17, 15) is 4.79 Å². The van der Waals surface area contributed by atoms with Gasteiger partial charge in [-0.3, -0.25) is 9.78 Å². The molecule has 0 unspecified atom stereocenters. The van der Waals surface area contributed by atoms with Gasteiger partial charge in [-0.05, 0) is 48.2 Å². The molecule has 0 saturated carbocycles. The van der Waals surface area contributed by atoms with Crippen molar-refractivity contribution in [2.75, 3.05) is 5.32 Å². The molecule has 5 nitrogen and oxygen atoms in total. The van der Waals surface area contributed by atoms with Crippen LogP contribution in [-0.2, 0) is 6.54 Å². The molecule has 2 N–H and O–H groups in total. The van der Waals surface area contributed by atoms with E-state index in [1.54, 1.807) is 24.5 Å². The molecule has 3 rings (SSSR count). The number of aryl methyl sites for hydroxylation is 1. The van der Waals surface area contributed by atoms with E-state index >= 15 is 0 Å². The van der Waals surface area contributed by atoms with E-state index in [1.165, 1.54) is 5.56 Å². The minimum Gasteiger partial charge on any atom is -0.346 e. The van der Waals surface area contributed by atoms with Crippen molar-refractivity contribution < 1.29 is 4.79 Å². The summed E-state index contributed by atoms with van der Waals surface area (Å²) in [5.41, 5.74) is 4.80. The summed E-state index contributed by atoms with van der Waals surface area (Å²) < 4.78 is 0. The van der Waals surface area contributed by atoms with E-state index < -0.39 is 0 Å². The zero-order valence-corrected chi connectivity index (χ0v) is 15.9. The van der Waals surface area contributed by atoms with Crippen molar-refractivity contribution in [2.45, 2.75) is 33.2 Å². The van der Waals surface area contributed by atoms with Crippen LogP contribution in [-0.4, -0.2) is 15.9 Å². The highest BCUT2D eigenvalue weighted by Gasteiger charge is 2.12. The Morgan fingerprint density at radius 1 is 1.04 bits per heavy atom. The SMILES string of the molecule is Cc1cccc(C(C)C)c1Nc1cc(C(=O)NCc2ccccn2)ccn1. The van der Waals surface area contributed by atoms with Crippen LogP contribution < -0.4 is 10.6 Å². The van der Waals surface area contributed by atoms with Gasteiger partial charge in [0.1, 0.15) is 5.82 Å². The Morgan fingerprint density at radius 2 is 1.89 bits per heavy atom. The second-order valence-electron chi connectivity index (χ2n) is 6.75.